The molecule has 0 unspecified atom stereocenters. The van der Waals surface area contributed by atoms with E-state index < -0.39 is 16.4 Å². The summed E-state index contributed by atoms with van der Waals surface area (Å²) in [6, 6.07) is 12.6. The van der Waals surface area contributed by atoms with Gasteiger partial charge in [-0.1, -0.05) is 6.07 Å². The first-order chi connectivity index (χ1) is 17.2. The second-order valence-electron chi connectivity index (χ2n) is 8.29. The van der Waals surface area contributed by atoms with Crippen molar-refractivity contribution in [2.75, 3.05) is 5.32 Å². The highest BCUT2D eigenvalue weighted by atomic mass is 16.6. The van der Waals surface area contributed by atoms with Crippen LogP contribution in [0, 0.1) is 30.9 Å². The average Bonchev–Trinajstić information content (AvgIpc) is 3.44. The van der Waals surface area contributed by atoms with Crippen molar-refractivity contribution >= 4 is 28.4 Å². The van der Waals surface area contributed by atoms with Crippen LogP contribution >= 0.6 is 0 Å². The van der Waals surface area contributed by atoms with E-state index >= 15 is 0 Å². The van der Waals surface area contributed by atoms with Gasteiger partial charge < -0.3 is 5.32 Å². The Morgan fingerprint density at radius 2 is 1.78 bits per heavy atom. The molecule has 0 radical (unpaired) electrons. The highest BCUT2D eigenvalue weighted by Crippen LogP contribution is 2.20. The third-order valence-corrected chi connectivity index (χ3v) is 5.77. The van der Waals surface area contributed by atoms with E-state index in [0.29, 0.717) is 16.7 Å². The molecule has 0 aliphatic carbocycles. The van der Waals surface area contributed by atoms with Gasteiger partial charge in [0.15, 0.2) is 5.65 Å². The predicted molar refractivity (Wildman–Crippen MR) is 132 cm³/mol. The number of nitro benzene ring substituents is 1. The molecule has 0 aliphatic heterocycles. The van der Waals surface area contributed by atoms with Gasteiger partial charge in [0.05, 0.1) is 22.5 Å². The summed E-state index contributed by atoms with van der Waals surface area (Å²) in [6.07, 6.45) is 1.45. The Balaban J connectivity index is 1.55. The van der Waals surface area contributed by atoms with Gasteiger partial charge in [-0.3, -0.25) is 24.7 Å². The zero-order chi connectivity index (χ0) is 25.6. The van der Waals surface area contributed by atoms with E-state index in [4.69, 9.17) is 0 Å². The van der Waals surface area contributed by atoms with Gasteiger partial charge in [0.2, 0.25) is 5.95 Å². The lowest BCUT2D eigenvalue weighted by molar-refractivity contribution is -0.384. The fraction of sp³-hybridized carbons (Fsp3) is 0.125. The number of rotatable bonds is 5. The minimum Gasteiger partial charge on any atom is -0.306 e. The van der Waals surface area contributed by atoms with Gasteiger partial charge in [-0.25, -0.2) is 4.68 Å². The largest absolute Gasteiger partial charge is 0.306 e. The summed E-state index contributed by atoms with van der Waals surface area (Å²) in [5.74, 6) is -0.157. The molecular weight excluding hydrogens is 464 g/mol. The van der Waals surface area contributed by atoms with E-state index in [9.17, 15) is 19.7 Å². The molecule has 0 saturated carbocycles. The minimum atomic E-state index is -0.541. The maximum absolute atomic E-state index is 12.9. The second kappa shape index (κ2) is 8.58. The lowest BCUT2D eigenvalue weighted by atomic mass is 10.1. The van der Waals surface area contributed by atoms with Gasteiger partial charge in [0.1, 0.15) is 11.2 Å². The van der Waals surface area contributed by atoms with Crippen LogP contribution in [0.15, 0.2) is 59.5 Å². The monoisotopic (exact) mass is 484 g/mol. The number of carbonyl (C=O) groups is 1. The van der Waals surface area contributed by atoms with Gasteiger partial charge in [-0.15, -0.1) is 0 Å². The topological polar surface area (TPSA) is 154 Å². The molecule has 5 aromatic rings. The SMILES string of the molecule is Cc1cc(NC(=O)c2ccc([N+](=O)[O-])cc2)n(-c2nc3c(cnn3-c3ccc(C)c(C)c3)c(=O)[nH]2)n1. The Morgan fingerprint density at radius 1 is 1.03 bits per heavy atom. The summed E-state index contributed by atoms with van der Waals surface area (Å²) in [5.41, 5.74) is 3.53. The zero-order valence-electron chi connectivity index (χ0n) is 19.5. The number of anilines is 1. The number of nitro groups is 1. The molecule has 36 heavy (non-hydrogen) atoms. The lowest BCUT2D eigenvalue weighted by Gasteiger charge is -2.09. The van der Waals surface area contributed by atoms with Gasteiger partial charge in [-0.2, -0.15) is 19.9 Å². The summed E-state index contributed by atoms with van der Waals surface area (Å²) in [7, 11) is 0. The van der Waals surface area contributed by atoms with Gasteiger partial charge in [0.25, 0.3) is 17.2 Å². The molecule has 1 amide bonds. The fourth-order valence-corrected chi connectivity index (χ4v) is 3.73. The maximum Gasteiger partial charge on any atom is 0.269 e. The minimum absolute atomic E-state index is 0.0881. The van der Waals surface area contributed by atoms with E-state index in [0.717, 1.165) is 16.8 Å². The summed E-state index contributed by atoms with van der Waals surface area (Å²) >= 11 is 0. The molecular formula is C24H20N8O4. The number of hydrogen-bond acceptors (Lipinski definition) is 7. The zero-order valence-corrected chi connectivity index (χ0v) is 19.5. The van der Waals surface area contributed by atoms with Crippen LogP contribution in [0.2, 0.25) is 0 Å². The number of amides is 1. The first-order valence-electron chi connectivity index (χ1n) is 10.9. The summed E-state index contributed by atoms with van der Waals surface area (Å²) in [5, 5.41) is 22.6. The smallest absolute Gasteiger partial charge is 0.269 e. The van der Waals surface area contributed by atoms with Crippen LogP contribution in [0.3, 0.4) is 0 Å². The Bertz CT molecular complexity index is 1710. The van der Waals surface area contributed by atoms with Crippen molar-refractivity contribution in [3.05, 3.63) is 97.6 Å². The van der Waals surface area contributed by atoms with Gasteiger partial charge in [0, 0.05) is 23.8 Å². The van der Waals surface area contributed by atoms with Crippen LogP contribution < -0.4 is 10.9 Å². The average molecular weight is 484 g/mol. The Morgan fingerprint density at radius 3 is 2.47 bits per heavy atom. The van der Waals surface area contributed by atoms with Crippen molar-refractivity contribution in [3.8, 4) is 11.6 Å². The summed E-state index contributed by atoms with van der Waals surface area (Å²) < 4.78 is 2.89. The van der Waals surface area contributed by atoms with E-state index in [-0.39, 0.29) is 23.0 Å². The van der Waals surface area contributed by atoms with E-state index in [1.54, 1.807) is 17.7 Å². The van der Waals surface area contributed by atoms with Crippen LogP contribution in [0.1, 0.15) is 27.2 Å². The number of fused-ring (bicyclic) bond motifs is 1. The van der Waals surface area contributed by atoms with Crippen LogP contribution in [0.25, 0.3) is 22.7 Å². The van der Waals surface area contributed by atoms with Crippen molar-refractivity contribution in [1.82, 2.24) is 29.5 Å². The van der Waals surface area contributed by atoms with Gasteiger partial charge in [-0.05, 0) is 56.2 Å². The van der Waals surface area contributed by atoms with Crippen LogP contribution in [0.4, 0.5) is 11.5 Å². The third-order valence-electron chi connectivity index (χ3n) is 5.77. The molecule has 180 valence electrons. The molecule has 0 atom stereocenters. The summed E-state index contributed by atoms with van der Waals surface area (Å²) in [4.78, 5) is 43.3. The molecule has 0 saturated heterocycles. The molecule has 0 fully saturated rings. The predicted octanol–water partition coefficient (Wildman–Crippen LogP) is 3.38. The normalized spacial score (nSPS) is 11.1. The molecule has 0 bridgehead atoms. The molecule has 0 spiro atoms. The Labute approximate surface area is 203 Å². The number of nitrogens with zero attached hydrogens (tertiary/aromatic N) is 6. The van der Waals surface area contributed by atoms with Crippen molar-refractivity contribution in [3.63, 3.8) is 0 Å². The number of aromatic amines is 1. The molecule has 12 heteroatoms. The molecule has 2 aromatic carbocycles. The number of non-ortho nitro benzene ring substituents is 1. The highest BCUT2D eigenvalue weighted by Gasteiger charge is 2.18. The van der Waals surface area contributed by atoms with Crippen molar-refractivity contribution in [2.24, 2.45) is 0 Å². The number of carbonyl (C=O) groups excluding carboxylic acids is 1. The Hall–Kier alpha value is -5.13. The number of aromatic nitrogens is 6. The van der Waals surface area contributed by atoms with E-state index in [1.807, 2.05) is 32.0 Å². The number of aryl methyl sites for hydroxylation is 3. The van der Waals surface area contributed by atoms with Crippen LogP contribution in [0.5, 0.6) is 0 Å². The maximum atomic E-state index is 12.9. The fourth-order valence-electron chi connectivity index (χ4n) is 3.73. The second-order valence-corrected chi connectivity index (χ2v) is 8.29. The van der Waals surface area contributed by atoms with Crippen LogP contribution in [-0.2, 0) is 0 Å². The lowest BCUT2D eigenvalue weighted by Crippen LogP contribution is -2.19. The number of benzene rings is 2. The Kier molecular flexibility index (Phi) is 5.40. The molecule has 0 aliphatic rings. The molecule has 2 N–H and O–H groups in total. The van der Waals surface area contributed by atoms with E-state index in [1.165, 1.54) is 35.1 Å². The third kappa shape index (κ3) is 4.00. The van der Waals surface area contributed by atoms with Crippen molar-refractivity contribution in [1.29, 1.82) is 0 Å². The quantitative estimate of drug-likeness (QED) is 0.286. The number of H-pyrrole nitrogens is 1. The number of nitrogens with one attached hydrogen (secondary N) is 2. The summed E-state index contributed by atoms with van der Waals surface area (Å²) in [6.45, 7) is 5.73. The first-order valence-corrected chi connectivity index (χ1v) is 10.9. The molecule has 3 aromatic heterocycles. The molecule has 3 heterocycles. The molecule has 12 nitrogen and oxygen atoms in total. The standard InChI is InChI=1S/C24H20N8O4/c1-13-4-7-18(10-14(13)2)30-21-19(12-25-30)23(34)28-24(27-21)31-20(11-15(3)29-31)26-22(33)16-5-8-17(9-6-16)32(35)36/h4-12H,1-3H3,(H,26,33)(H,27,28,34). The highest BCUT2D eigenvalue weighted by molar-refractivity contribution is 6.04. The van der Waals surface area contributed by atoms with Crippen LogP contribution in [-0.4, -0.2) is 40.4 Å². The van der Waals surface area contributed by atoms with E-state index in [2.05, 4.69) is 25.5 Å². The molecule has 5 rings (SSSR count). The van der Waals surface area contributed by atoms with Crippen molar-refractivity contribution in [2.45, 2.75) is 20.8 Å². The van der Waals surface area contributed by atoms with Gasteiger partial charge >= 0.3 is 0 Å². The number of hydrogen-bond donors (Lipinski definition) is 2. The first kappa shape index (κ1) is 22.7. The van der Waals surface area contributed by atoms with Crippen molar-refractivity contribution < 1.29 is 9.72 Å².